The molecule has 9 heteroatoms. The van der Waals surface area contributed by atoms with Crippen LogP contribution in [0.1, 0.15) is 39.0 Å². The van der Waals surface area contributed by atoms with E-state index >= 15 is 0 Å². The van der Waals surface area contributed by atoms with E-state index in [4.69, 9.17) is 16.3 Å². The van der Waals surface area contributed by atoms with E-state index in [1.807, 2.05) is 25.1 Å². The number of benzene rings is 2. The Hall–Kier alpha value is -2.94. The van der Waals surface area contributed by atoms with Gasteiger partial charge in [-0.05, 0) is 68.5 Å². The minimum atomic E-state index is -1.10. The van der Waals surface area contributed by atoms with Crippen LogP contribution in [0.2, 0.25) is 5.02 Å². The maximum absolute atomic E-state index is 14.0. The van der Waals surface area contributed by atoms with Crippen molar-refractivity contribution < 1.29 is 24.2 Å². The summed E-state index contributed by atoms with van der Waals surface area (Å²) in [7, 11) is 0. The Morgan fingerprint density at radius 3 is 2.38 bits per heavy atom. The molecule has 3 aliphatic rings. The van der Waals surface area contributed by atoms with Gasteiger partial charge in [-0.3, -0.25) is 14.4 Å². The normalized spacial score (nSPS) is 29.9. The number of ether oxygens (including phenoxy) is 1. The van der Waals surface area contributed by atoms with Crippen molar-refractivity contribution in [2.24, 2.45) is 11.8 Å². The lowest BCUT2D eigenvalue weighted by molar-refractivity contribution is -0.144. The van der Waals surface area contributed by atoms with Gasteiger partial charge in [0.2, 0.25) is 17.7 Å². The van der Waals surface area contributed by atoms with Crippen molar-refractivity contribution in [3.8, 4) is 0 Å². The number of aliphatic hydroxyl groups excluding tert-OH is 1. The number of anilines is 2. The lowest BCUT2D eigenvalue weighted by atomic mass is 9.65. The van der Waals surface area contributed by atoms with Crippen molar-refractivity contribution in [1.82, 2.24) is 4.90 Å². The molecule has 5 rings (SSSR count). The molecular formula is C28H32ClN3O5. The predicted octanol–water partition coefficient (Wildman–Crippen LogP) is 3.84. The maximum atomic E-state index is 14.0. The maximum Gasteiger partial charge on any atom is 0.250 e. The predicted molar refractivity (Wildman–Crippen MR) is 140 cm³/mol. The second-order valence-electron chi connectivity index (χ2n) is 10.1. The van der Waals surface area contributed by atoms with Crippen LogP contribution in [0, 0.1) is 11.8 Å². The summed E-state index contributed by atoms with van der Waals surface area (Å²) in [5, 5.41) is 15.8. The molecule has 8 nitrogen and oxygen atoms in total. The first-order chi connectivity index (χ1) is 17.8. The zero-order valence-corrected chi connectivity index (χ0v) is 21.5. The van der Waals surface area contributed by atoms with Gasteiger partial charge in [-0.15, -0.1) is 0 Å². The highest BCUT2D eigenvalue weighted by Gasteiger charge is 2.78. The number of halogens is 1. The fourth-order valence-corrected chi connectivity index (χ4v) is 6.66. The summed E-state index contributed by atoms with van der Waals surface area (Å²) in [6, 6.07) is 15.1. The number of amides is 3. The second kappa shape index (κ2) is 10.1. The molecule has 2 bridgehead atoms. The Kier molecular flexibility index (Phi) is 7.00. The molecule has 0 radical (unpaired) electrons. The molecule has 37 heavy (non-hydrogen) atoms. The van der Waals surface area contributed by atoms with E-state index in [2.05, 4.69) is 10.6 Å². The van der Waals surface area contributed by atoms with E-state index in [9.17, 15) is 19.5 Å². The van der Waals surface area contributed by atoms with Gasteiger partial charge < -0.3 is 25.4 Å². The van der Waals surface area contributed by atoms with Crippen LogP contribution in [-0.2, 0) is 19.1 Å². The molecule has 0 saturated carbocycles. The number of likely N-dealkylation sites (tertiary alicyclic amines) is 1. The Labute approximate surface area is 221 Å². The zero-order chi connectivity index (χ0) is 26.2. The van der Waals surface area contributed by atoms with E-state index < -0.39 is 29.1 Å². The van der Waals surface area contributed by atoms with Crippen LogP contribution in [0.15, 0.2) is 54.6 Å². The molecule has 0 aliphatic carbocycles. The van der Waals surface area contributed by atoms with Gasteiger partial charge in [0.25, 0.3) is 0 Å². The summed E-state index contributed by atoms with van der Waals surface area (Å²) >= 11 is 6.00. The van der Waals surface area contributed by atoms with Crippen molar-refractivity contribution in [1.29, 1.82) is 0 Å². The van der Waals surface area contributed by atoms with Crippen LogP contribution >= 0.6 is 11.6 Å². The van der Waals surface area contributed by atoms with Gasteiger partial charge in [0.1, 0.15) is 11.6 Å². The number of carbonyl (C=O) groups is 3. The van der Waals surface area contributed by atoms with Crippen LogP contribution in [0.25, 0.3) is 0 Å². The van der Waals surface area contributed by atoms with E-state index in [0.29, 0.717) is 55.0 Å². The number of fused-ring (bicyclic) bond motifs is 1. The third-order valence-electron chi connectivity index (χ3n) is 8.17. The Bertz CT molecular complexity index is 1180. The first-order valence-electron chi connectivity index (χ1n) is 12.9. The highest BCUT2D eigenvalue weighted by Crippen LogP contribution is 2.64. The number of nitrogens with one attached hydrogen (secondary N) is 2. The van der Waals surface area contributed by atoms with Gasteiger partial charge in [0, 0.05) is 29.5 Å². The van der Waals surface area contributed by atoms with Crippen molar-refractivity contribution in [3.63, 3.8) is 0 Å². The molecular weight excluding hydrogens is 494 g/mol. The van der Waals surface area contributed by atoms with Gasteiger partial charge in [-0.2, -0.15) is 0 Å². The fraction of sp³-hybridized carbons (Fsp3) is 0.464. The molecule has 1 spiro atoms. The number of rotatable bonds is 9. The molecule has 3 saturated heterocycles. The summed E-state index contributed by atoms with van der Waals surface area (Å²) in [5.74, 6) is -2.33. The third kappa shape index (κ3) is 4.31. The molecule has 3 N–H and O–H groups in total. The summed E-state index contributed by atoms with van der Waals surface area (Å²) in [6.45, 7) is 2.26. The van der Waals surface area contributed by atoms with E-state index in [-0.39, 0.29) is 24.3 Å². The standard InChI is InChI=1S/C28H32ClN3O5/c1-2-27-14-15-28(37-27)22(21(27)24(34)30-19-8-4-3-5-9-19)26(36)32(16-6-7-17-33)23(28)25(35)31-20-12-10-18(29)11-13-20/h3-5,8-13,21-23,33H,2,6-7,14-17H2,1H3,(H,30,34)(H,31,35)/t21-,22+,23?,27+,28?/m1/s1. The van der Waals surface area contributed by atoms with Gasteiger partial charge in [-0.25, -0.2) is 0 Å². The van der Waals surface area contributed by atoms with Gasteiger partial charge in [0.05, 0.1) is 17.4 Å². The quantitative estimate of drug-likeness (QED) is 0.431. The summed E-state index contributed by atoms with van der Waals surface area (Å²) < 4.78 is 6.73. The number of hydrogen-bond acceptors (Lipinski definition) is 5. The number of unbranched alkanes of at least 4 members (excludes halogenated alkanes) is 1. The number of hydrogen-bond donors (Lipinski definition) is 3. The molecule has 5 atom stereocenters. The van der Waals surface area contributed by atoms with Crippen molar-refractivity contribution in [3.05, 3.63) is 59.6 Å². The smallest absolute Gasteiger partial charge is 0.250 e. The molecule has 2 unspecified atom stereocenters. The van der Waals surface area contributed by atoms with Crippen LogP contribution in [0.5, 0.6) is 0 Å². The number of carbonyl (C=O) groups excluding carboxylic acids is 3. The second-order valence-corrected chi connectivity index (χ2v) is 10.6. The Morgan fingerprint density at radius 1 is 1.03 bits per heavy atom. The summed E-state index contributed by atoms with van der Waals surface area (Å²) in [4.78, 5) is 43.1. The van der Waals surface area contributed by atoms with Gasteiger partial charge in [0.15, 0.2) is 0 Å². The topological polar surface area (TPSA) is 108 Å². The molecule has 2 aromatic carbocycles. The lowest BCUT2D eigenvalue weighted by Gasteiger charge is -2.34. The number of para-hydroxylation sites is 1. The lowest BCUT2D eigenvalue weighted by Crippen LogP contribution is -2.53. The zero-order valence-electron chi connectivity index (χ0n) is 20.8. The van der Waals surface area contributed by atoms with Crippen LogP contribution in [0.4, 0.5) is 11.4 Å². The van der Waals surface area contributed by atoms with Gasteiger partial charge >= 0.3 is 0 Å². The molecule has 3 aliphatic heterocycles. The molecule has 3 amide bonds. The number of nitrogens with zero attached hydrogens (tertiary/aromatic N) is 1. The van der Waals surface area contributed by atoms with Gasteiger partial charge in [-0.1, -0.05) is 36.7 Å². The Balaban J connectivity index is 1.50. The SMILES string of the molecule is CC[C@@]12CCC3(O1)C(C(=O)Nc1ccc(Cl)cc1)N(CCCCO)C(=O)[C@@H]3[C@@H]2C(=O)Nc1ccccc1. The van der Waals surface area contributed by atoms with Crippen LogP contribution < -0.4 is 10.6 Å². The minimum Gasteiger partial charge on any atom is -0.396 e. The van der Waals surface area contributed by atoms with E-state index in [1.54, 1.807) is 41.3 Å². The van der Waals surface area contributed by atoms with Crippen molar-refractivity contribution in [2.45, 2.75) is 56.3 Å². The largest absolute Gasteiger partial charge is 0.396 e. The highest BCUT2D eigenvalue weighted by molar-refractivity contribution is 6.30. The van der Waals surface area contributed by atoms with E-state index in [0.717, 1.165) is 0 Å². The molecule has 2 aromatic rings. The number of aliphatic hydroxyl groups is 1. The minimum absolute atomic E-state index is 0.00417. The fourth-order valence-electron chi connectivity index (χ4n) is 6.54. The summed E-state index contributed by atoms with van der Waals surface area (Å²) in [6.07, 6.45) is 2.71. The third-order valence-corrected chi connectivity index (χ3v) is 8.42. The first-order valence-corrected chi connectivity index (χ1v) is 13.3. The van der Waals surface area contributed by atoms with E-state index in [1.165, 1.54) is 0 Å². The summed E-state index contributed by atoms with van der Waals surface area (Å²) in [5.41, 5.74) is -0.692. The highest BCUT2D eigenvalue weighted by atomic mass is 35.5. The first kappa shape index (κ1) is 25.7. The molecule has 0 aromatic heterocycles. The average molecular weight is 526 g/mol. The monoisotopic (exact) mass is 525 g/mol. The Morgan fingerprint density at radius 2 is 1.70 bits per heavy atom. The van der Waals surface area contributed by atoms with Crippen molar-refractivity contribution >= 4 is 40.7 Å². The molecule has 3 fully saturated rings. The molecule has 196 valence electrons. The average Bonchev–Trinajstić information content (AvgIpc) is 3.50. The molecule has 3 heterocycles. The van der Waals surface area contributed by atoms with Crippen LogP contribution in [-0.4, -0.2) is 58.1 Å². The van der Waals surface area contributed by atoms with Crippen molar-refractivity contribution in [2.75, 3.05) is 23.8 Å². The van der Waals surface area contributed by atoms with Crippen LogP contribution in [0.3, 0.4) is 0 Å².